The van der Waals surface area contributed by atoms with Crippen LogP contribution in [-0.4, -0.2) is 32.6 Å². The second-order valence-corrected chi connectivity index (χ2v) is 4.73. The third-order valence-corrected chi connectivity index (χ3v) is 3.21. The number of hydrogen-bond acceptors (Lipinski definition) is 5. The van der Waals surface area contributed by atoms with Gasteiger partial charge < -0.3 is 14.8 Å². The molecule has 0 fully saturated rings. The molecule has 1 aliphatic heterocycles. The average molecular weight is 310 g/mol. The van der Waals surface area contributed by atoms with Crippen molar-refractivity contribution in [2.75, 3.05) is 20.8 Å². The highest BCUT2D eigenvalue weighted by Gasteiger charge is 2.31. The fourth-order valence-corrected chi connectivity index (χ4v) is 2.27. The maximum Gasteiger partial charge on any atom is 0.338 e. The van der Waals surface area contributed by atoms with Gasteiger partial charge in [-0.2, -0.15) is 0 Å². The van der Waals surface area contributed by atoms with E-state index in [0.717, 1.165) is 12.1 Å². The second-order valence-electron chi connectivity index (χ2n) is 4.73. The Morgan fingerprint density at radius 2 is 2.05 bits per heavy atom. The third-order valence-electron chi connectivity index (χ3n) is 3.21. The molecule has 7 heteroatoms. The van der Waals surface area contributed by atoms with E-state index < -0.39 is 23.6 Å². The van der Waals surface area contributed by atoms with Crippen LogP contribution in [0, 0.1) is 11.6 Å². The SMILES string of the molecule is COCC1=C(C(=O)OC)C(c2ccc(F)c(F)c2)N=C(C)N1. The van der Waals surface area contributed by atoms with Gasteiger partial charge in [-0.05, 0) is 24.6 Å². The zero-order chi connectivity index (χ0) is 16.3. The largest absolute Gasteiger partial charge is 0.466 e. The van der Waals surface area contributed by atoms with Gasteiger partial charge in [-0.3, -0.25) is 4.99 Å². The lowest BCUT2D eigenvalue weighted by Gasteiger charge is -2.26. The van der Waals surface area contributed by atoms with Crippen LogP contribution in [0.25, 0.3) is 0 Å². The van der Waals surface area contributed by atoms with Gasteiger partial charge in [0.25, 0.3) is 0 Å². The molecule has 1 unspecified atom stereocenters. The molecule has 1 aromatic rings. The zero-order valence-corrected chi connectivity index (χ0v) is 12.4. The summed E-state index contributed by atoms with van der Waals surface area (Å²) in [5.74, 6) is -2.03. The van der Waals surface area contributed by atoms with Crippen LogP contribution in [0.3, 0.4) is 0 Å². The van der Waals surface area contributed by atoms with Gasteiger partial charge in [-0.25, -0.2) is 13.6 Å². The number of ether oxygens (including phenoxy) is 2. The van der Waals surface area contributed by atoms with Crippen molar-refractivity contribution in [1.29, 1.82) is 0 Å². The molecule has 0 amide bonds. The van der Waals surface area contributed by atoms with E-state index in [1.165, 1.54) is 20.3 Å². The number of carbonyl (C=O) groups excluding carboxylic acids is 1. The van der Waals surface area contributed by atoms with E-state index in [9.17, 15) is 13.6 Å². The number of aliphatic imine (C=N–C) groups is 1. The molecule has 22 heavy (non-hydrogen) atoms. The average Bonchev–Trinajstić information content (AvgIpc) is 2.49. The topological polar surface area (TPSA) is 59.9 Å². The van der Waals surface area contributed by atoms with Crippen molar-refractivity contribution in [2.45, 2.75) is 13.0 Å². The van der Waals surface area contributed by atoms with E-state index in [0.29, 0.717) is 17.1 Å². The second kappa shape index (κ2) is 6.65. The molecular formula is C15H16F2N2O3. The summed E-state index contributed by atoms with van der Waals surface area (Å²) < 4.78 is 36.4. The standard InChI is InChI=1S/C15H16F2N2O3/c1-8-18-12(7-21-2)13(15(20)22-3)14(19-8)9-4-5-10(16)11(17)6-9/h4-6,14H,7H2,1-3H3,(H,18,19). The first-order valence-corrected chi connectivity index (χ1v) is 6.54. The predicted molar refractivity (Wildman–Crippen MR) is 76.3 cm³/mol. The number of nitrogens with one attached hydrogen (secondary N) is 1. The van der Waals surface area contributed by atoms with E-state index in [2.05, 4.69) is 10.3 Å². The smallest absolute Gasteiger partial charge is 0.338 e. The summed E-state index contributed by atoms with van der Waals surface area (Å²) in [6, 6.07) is 2.63. The number of carbonyl (C=O) groups is 1. The molecule has 0 bridgehead atoms. The van der Waals surface area contributed by atoms with Crippen molar-refractivity contribution in [3.63, 3.8) is 0 Å². The van der Waals surface area contributed by atoms with Crippen LogP contribution in [0.15, 0.2) is 34.5 Å². The number of esters is 1. The van der Waals surface area contributed by atoms with Gasteiger partial charge in [0.15, 0.2) is 11.6 Å². The molecule has 2 rings (SSSR count). The lowest BCUT2D eigenvalue weighted by atomic mass is 9.95. The maximum atomic E-state index is 13.5. The molecule has 1 atom stereocenters. The monoisotopic (exact) mass is 310 g/mol. The van der Waals surface area contributed by atoms with E-state index in [-0.39, 0.29) is 12.2 Å². The van der Waals surface area contributed by atoms with Crippen LogP contribution < -0.4 is 5.32 Å². The summed E-state index contributed by atoms with van der Waals surface area (Å²) in [5, 5.41) is 2.94. The third kappa shape index (κ3) is 3.14. The molecule has 118 valence electrons. The minimum absolute atomic E-state index is 0.136. The quantitative estimate of drug-likeness (QED) is 0.865. The van der Waals surface area contributed by atoms with E-state index in [4.69, 9.17) is 9.47 Å². The van der Waals surface area contributed by atoms with Crippen LogP contribution in [0.1, 0.15) is 18.5 Å². The molecule has 0 radical (unpaired) electrons. The predicted octanol–water partition coefficient (Wildman–Crippen LogP) is 2.10. The van der Waals surface area contributed by atoms with Gasteiger partial charge in [-0.15, -0.1) is 0 Å². The van der Waals surface area contributed by atoms with Gasteiger partial charge in [0.1, 0.15) is 6.04 Å². The molecule has 1 aliphatic rings. The van der Waals surface area contributed by atoms with Crippen LogP contribution in [-0.2, 0) is 14.3 Å². The summed E-state index contributed by atoms with van der Waals surface area (Å²) in [5.41, 5.74) is 1.05. The number of methoxy groups -OCH3 is 2. The normalized spacial score (nSPS) is 17.9. The first kappa shape index (κ1) is 16.1. The van der Waals surface area contributed by atoms with Gasteiger partial charge in [0, 0.05) is 7.11 Å². The number of benzene rings is 1. The molecule has 0 saturated carbocycles. The van der Waals surface area contributed by atoms with Crippen molar-refractivity contribution in [3.8, 4) is 0 Å². The Balaban J connectivity index is 2.54. The number of rotatable bonds is 4. The highest BCUT2D eigenvalue weighted by molar-refractivity contribution is 5.95. The Hall–Kier alpha value is -2.28. The minimum atomic E-state index is -0.999. The first-order valence-electron chi connectivity index (χ1n) is 6.54. The fraction of sp³-hybridized carbons (Fsp3) is 0.333. The molecule has 1 aromatic carbocycles. The van der Waals surface area contributed by atoms with Gasteiger partial charge in [0.2, 0.25) is 0 Å². The van der Waals surface area contributed by atoms with Crippen LogP contribution in [0.2, 0.25) is 0 Å². The summed E-state index contributed by atoms with van der Waals surface area (Å²) in [6.07, 6.45) is 0. The van der Waals surface area contributed by atoms with Crippen molar-refractivity contribution < 1.29 is 23.0 Å². The Labute approximate surface area is 126 Å². The summed E-state index contributed by atoms with van der Waals surface area (Å²) >= 11 is 0. The molecular weight excluding hydrogens is 294 g/mol. The molecule has 1 N–H and O–H groups in total. The zero-order valence-electron chi connectivity index (χ0n) is 12.4. The molecule has 0 aromatic heterocycles. The first-order chi connectivity index (χ1) is 10.5. The van der Waals surface area contributed by atoms with Gasteiger partial charge in [0.05, 0.1) is 30.8 Å². The maximum absolute atomic E-state index is 13.5. The summed E-state index contributed by atoms with van der Waals surface area (Å²) in [6.45, 7) is 1.84. The summed E-state index contributed by atoms with van der Waals surface area (Å²) in [4.78, 5) is 16.4. The minimum Gasteiger partial charge on any atom is -0.466 e. The van der Waals surface area contributed by atoms with Gasteiger partial charge in [-0.1, -0.05) is 6.07 Å². The number of nitrogens with zero attached hydrogens (tertiary/aromatic N) is 1. The summed E-state index contributed by atoms with van der Waals surface area (Å²) in [7, 11) is 2.73. The lowest BCUT2D eigenvalue weighted by Crippen LogP contribution is -2.33. The van der Waals surface area contributed by atoms with Crippen molar-refractivity contribution in [1.82, 2.24) is 5.32 Å². The Morgan fingerprint density at radius 3 is 2.64 bits per heavy atom. The van der Waals surface area contributed by atoms with Crippen molar-refractivity contribution in [3.05, 3.63) is 46.7 Å². The molecule has 5 nitrogen and oxygen atoms in total. The van der Waals surface area contributed by atoms with E-state index in [1.807, 2.05) is 0 Å². The molecule has 0 spiro atoms. The fourth-order valence-electron chi connectivity index (χ4n) is 2.27. The van der Waals surface area contributed by atoms with Crippen molar-refractivity contribution in [2.24, 2.45) is 4.99 Å². The van der Waals surface area contributed by atoms with E-state index in [1.54, 1.807) is 6.92 Å². The highest BCUT2D eigenvalue weighted by Crippen LogP contribution is 2.32. The Morgan fingerprint density at radius 1 is 1.32 bits per heavy atom. The Bertz CT molecular complexity index is 656. The number of halogens is 2. The van der Waals surface area contributed by atoms with Crippen molar-refractivity contribution >= 4 is 11.8 Å². The number of hydrogen-bond donors (Lipinski definition) is 1. The van der Waals surface area contributed by atoms with Crippen LogP contribution in [0.4, 0.5) is 8.78 Å². The van der Waals surface area contributed by atoms with Gasteiger partial charge >= 0.3 is 5.97 Å². The molecule has 0 aliphatic carbocycles. The van der Waals surface area contributed by atoms with Crippen LogP contribution in [0.5, 0.6) is 0 Å². The van der Waals surface area contributed by atoms with E-state index >= 15 is 0 Å². The number of amidine groups is 1. The molecule has 1 heterocycles. The lowest BCUT2D eigenvalue weighted by molar-refractivity contribution is -0.136. The van der Waals surface area contributed by atoms with Crippen LogP contribution >= 0.6 is 0 Å². The molecule has 0 saturated heterocycles. The highest BCUT2D eigenvalue weighted by atomic mass is 19.2. The Kier molecular flexibility index (Phi) is 4.87.